The number of para-hydroxylation sites is 2. The minimum Gasteiger partial charge on any atom is -0.467 e. The molecule has 1 saturated heterocycles. The molecule has 2 atom stereocenters. The average molecular weight is 451 g/mol. The van der Waals surface area contributed by atoms with Crippen molar-refractivity contribution in [3.8, 4) is 0 Å². The Hall–Kier alpha value is -3.58. The molecule has 2 aromatic carbocycles. The zero-order chi connectivity index (χ0) is 22.8. The summed E-state index contributed by atoms with van der Waals surface area (Å²) in [6.07, 6.45) is -1.17. The smallest absolute Gasteiger partial charge is 0.328 e. The van der Waals surface area contributed by atoms with E-state index in [0.717, 1.165) is 25.3 Å². The number of nitro groups is 2. The summed E-state index contributed by atoms with van der Waals surface area (Å²) in [6.45, 7) is -0.154. The first-order chi connectivity index (χ1) is 14.6. The van der Waals surface area contributed by atoms with Crippen molar-refractivity contribution in [2.75, 3.05) is 18.6 Å². The van der Waals surface area contributed by atoms with Gasteiger partial charge in [-0.1, -0.05) is 18.2 Å². The van der Waals surface area contributed by atoms with Crippen molar-refractivity contribution in [3.05, 3.63) is 68.8 Å². The molecule has 0 aromatic heterocycles. The molecule has 31 heavy (non-hydrogen) atoms. The van der Waals surface area contributed by atoms with Gasteiger partial charge in [0.05, 0.1) is 23.1 Å². The third-order valence-electron chi connectivity index (χ3n) is 4.70. The number of hydrogen-bond acceptors (Lipinski definition) is 10. The number of esters is 1. The van der Waals surface area contributed by atoms with Gasteiger partial charge in [0, 0.05) is 31.2 Å². The second-order valence-corrected chi connectivity index (χ2v) is 8.17. The minimum absolute atomic E-state index is 0.113. The predicted molar refractivity (Wildman–Crippen MR) is 106 cm³/mol. The second kappa shape index (κ2) is 8.65. The fraction of sp³-hybridized carbons (Fsp3) is 0.278. The summed E-state index contributed by atoms with van der Waals surface area (Å²) in [5, 5.41) is 22.3. The summed E-state index contributed by atoms with van der Waals surface area (Å²) in [4.78, 5) is 34.2. The van der Waals surface area contributed by atoms with Crippen LogP contribution in [0, 0.1) is 20.2 Å². The molecule has 0 N–H and O–H groups in total. The Morgan fingerprint density at radius 3 is 2.45 bits per heavy atom. The molecule has 0 saturated carbocycles. The van der Waals surface area contributed by atoms with Gasteiger partial charge in [0.25, 0.3) is 21.5 Å². The Labute approximate surface area is 176 Å². The Morgan fingerprint density at radius 1 is 1.10 bits per heavy atom. The zero-order valence-electron chi connectivity index (χ0n) is 16.1. The largest absolute Gasteiger partial charge is 0.467 e. The van der Waals surface area contributed by atoms with Crippen LogP contribution in [-0.2, 0) is 23.8 Å². The zero-order valence-corrected chi connectivity index (χ0v) is 16.9. The standard InChI is InChI=1S/C18H17N3O9S/c1-29-18(22)17-10-13(11-19(17)15-7-2-3-8-16(15)21(25)26)30-31(27,28)14-6-4-5-12(9-14)20(23)24/h2-9,13,17H,10-11H2,1H3/t13-,17-/m0/s1. The van der Waals surface area contributed by atoms with Gasteiger partial charge in [-0.25, -0.2) is 4.79 Å². The topological polar surface area (TPSA) is 159 Å². The van der Waals surface area contributed by atoms with Crippen molar-refractivity contribution in [1.29, 1.82) is 0 Å². The molecule has 0 amide bonds. The molecule has 1 fully saturated rings. The van der Waals surface area contributed by atoms with Gasteiger partial charge in [0.1, 0.15) is 16.6 Å². The van der Waals surface area contributed by atoms with Crippen molar-refractivity contribution in [2.24, 2.45) is 0 Å². The van der Waals surface area contributed by atoms with Crippen molar-refractivity contribution < 1.29 is 32.0 Å². The molecule has 12 nitrogen and oxygen atoms in total. The molecule has 0 unspecified atom stereocenters. The molecule has 0 radical (unpaired) electrons. The number of benzene rings is 2. The lowest BCUT2D eigenvalue weighted by atomic mass is 10.2. The van der Waals surface area contributed by atoms with E-state index in [4.69, 9.17) is 8.92 Å². The van der Waals surface area contributed by atoms with Gasteiger partial charge < -0.3 is 9.64 Å². The molecule has 0 aliphatic carbocycles. The summed E-state index contributed by atoms with van der Waals surface area (Å²) in [5.74, 6) is -0.711. The fourth-order valence-corrected chi connectivity index (χ4v) is 4.46. The van der Waals surface area contributed by atoms with Gasteiger partial charge in [-0.3, -0.25) is 24.4 Å². The van der Waals surface area contributed by atoms with Crippen LogP contribution in [0.2, 0.25) is 0 Å². The highest BCUT2D eigenvalue weighted by Crippen LogP contribution is 2.35. The number of rotatable bonds is 7. The summed E-state index contributed by atoms with van der Waals surface area (Å²) < 4.78 is 35.3. The van der Waals surface area contributed by atoms with Crippen molar-refractivity contribution >= 4 is 33.1 Å². The van der Waals surface area contributed by atoms with E-state index in [1.807, 2.05) is 0 Å². The van der Waals surface area contributed by atoms with E-state index in [1.165, 1.54) is 29.2 Å². The molecule has 0 spiro atoms. The van der Waals surface area contributed by atoms with E-state index in [9.17, 15) is 33.4 Å². The number of non-ortho nitro benzene ring substituents is 1. The number of anilines is 1. The van der Waals surface area contributed by atoms with E-state index in [2.05, 4.69) is 0 Å². The number of nitro benzene ring substituents is 2. The summed E-state index contributed by atoms with van der Waals surface area (Å²) in [5.41, 5.74) is -0.578. The van der Waals surface area contributed by atoms with Gasteiger partial charge in [-0.2, -0.15) is 8.42 Å². The molecular weight excluding hydrogens is 434 g/mol. The van der Waals surface area contributed by atoms with Crippen molar-refractivity contribution in [2.45, 2.75) is 23.5 Å². The van der Waals surface area contributed by atoms with Gasteiger partial charge in [-0.05, 0) is 12.1 Å². The van der Waals surface area contributed by atoms with Crippen molar-refractivity contribution in [1.82, 2.24) is 0 Å². The normalized spacial score (nSPS) is 18.5. The summed E-state index contributed by atoms with van der Waals surface area (Å²) in [7, 11) is -3.26. The molecule has 3 rings (SSSR count). The first-order valence-corrected chi connectivity index (χ1v) is 10.3. The van der Waals surface area contributed by atoms with E-state index in [1.54, 1.807) is 6.07 Å². The van der Waals surface area contributed by atoms with Crippen LogP contribution in [-0.4, -0.2) is 50.0 Å². The molecule has 2 aromatic rings. The number of nitrogens with zero attached hydrogens (tertiary/aromatic N) is 3. The quantitative estimate of drug-likeness (QED) is 0.264. The Kier molecular flexibility index (Phi) is 6.17. The monoisotopic (exact) mass is 451 g/mol. The van der Waals surface area contributed by atoms with Gasteiger partial charge in [-0.15, -0.1) is 0 Å². The van der Waals surface area contributed by atoms with Crippen LogP contribution in [0.5, 0.6) is 0 Å². The lowest BCUT2D eigenvalue weighted by Crippen LogP contribution is -2.37. The summed E-state index contributed by atoms with van der Waals surface area (Å²) >= 11 is 0. The molecule has 0 bridgehead atoms. The number of hydrogen-bond donors (Lipinski definition) is 0. The van der Waals surface area contributed by atoms with Gasteiger partial charge in [0.2, 0.25) is 0 Å². The van der Waals surface area contributed by atoms with Crippen LogP contribution in [0.15, 0.2) is 53.4 Å². The van der Waals surface area contributed by atoms with Crippen molar-refractivity contribution in [3.63, 3.8) is 0 Å². The van der Waals surface area contributed by atoms with Crippen LogP contribution in [0.1, 0.15) is 6.42 Å². The van der Waals surface area contributed by atoms with Crippen LogP contribution < -0.4 is 4.90 Å². The number of ether oxygens (including phenoxy) is 1. The van der Waals surface area contributed by atoms with Gasteiger partial charge in [0.15, 0.2) is 0 Å². The molecule has 1 aliphatic rings. The number of carbonyl (C=O) groups excluding carboxylic acids is 1. The van der Waals surface area contributed by atoms with E-state index in [0.29, 0.717) is 0 Å². The lowest BCUT2D eigenvalue weighted by Gasteiger charge is -2.24. The Balaban J connectivity index is 1.91. The molecule has 13 heteroatoms. The highest BCUT2D eigenvalue weighted by Gasteiger charge is 2.42. The Morgan fingerprint density at radius 2 is 1.81 bits per heavy atom. The highest BCUT2D eigenvalue weighted by atomic mass is 32.2. The molecule has 1 aliphatic heterocycles. The van der Waals surface area contributed by atoms with Crippen LogP contribution >= 0.6 is 0 Å². The van der Waals surface area contributed by atoms with E-state index >= 15 is 0 Å². The van der Waals surface area contributed by atoms with E-state index in [-0.39, 0.29) is 24.3 Å². The third-order valence-corrected chi connectivity index (χ3v) is 6.06. The fourth-order valence-electron chi connectivity index (χ4n) is 3.34. The first-order valence-electron chi connectivity index (χ1n) is 8.89. The maximum atomic E-state index is 12.6. The maximum Gasteiger partial charge on any atom is 0.328 e. The summed E-state index contributed by atoms with van der Waals surface area (Å²) in [6, 6.07) is 9.05. The average Bonchev–Trinajstić information content (AvgIpc) is 3.16. The molecule has 164 valence electrons. The van der Waals surface area contributed by atoms with Crippen LogP contribution in [0.4, 0.5) is 17.1 Å². The highest BCUT2D eigenvalue weighted by molar-refractivity contribution is 7.86. The van der Waals surface area contributed by atoms with Gasteiger partial charge >= 0.3 is 5.97 Å². The molecular formula is C18H17N3O9S. The maximum absolute atomic E-state index is 12.6. The first kappa shape index (κ1) is 22.1. The predicted octanol–water partition coefficient (Wildman–Crippen LogP) is 2.03. The minimum atomic E-state index is -4.40. The number of carbonyl (C=O) groups is 1. The second-order valence-electron chi connectivity index (χ2n) is 6.60. The van der Waals surface area contributed by atoms with Crippen LogP contribution in [0.3, 0.4) is 0 Å². The Bertz CT molecular complexity index is 1140. The van der Waals surface area contributed by atoms with E-state index < -0.39 is 48.7 Å². The third kappa shape index (κ3) is 4.62. The lowest BCUT2D eigenvalue weighted by molar-refractivity contribution is -0.385. The SMILES string of the molecule is COC(=O)[C@@H]1C[C@H](OS(=O)(=O)c2cccc([N+](=O)[O-])c2)CN1c1ccccc1[N+](=O)[O-]. The molecule has 1 heterocycles. The van der Waals surface area contributed by atoms with Crippen LogP contribution in [0.25, 0.3) is 0 Å². The number of methoxy groups -OCH3 is 1.